The largest absolute Gasteiger partial charge is 0.198 e. The molecule has 3 atom stereocenters. The molecule has 0 aromatic carbocycles. The molecule has 1 unspecified atom stereocenters. The van der Waals surface area contributed by atoms with Gasteiger partial charge in [0.15, 0.2) is 0 Å². The molecule has 1 nitrogen and oxygen atoms in total. The van der Waals surface area contributed by atoms with Crippen LogP contribution >= 0.6 is 0 Å². The minimum Gasteiger partial charge on any atom is -0.198 e. The van der Waals surface area contributed by atoms with Gasteiger partial charge < -0.3 is 0 Å². The van der Waals surface area contributed by atoms with Gasteiger partial charge in [0.05, 0.1) is 6.07 Å². The summed E-state index contributed by atoms with van der Waals surface area (Å²) in [5, 5.41) is 9.06. The molecule has 0 amide bonds. The van der Waals surface area contributed by atoms with Crippen LogP contribution in [0.4, 0.5) is 0 Å². The summed E-state index contributed by atoms with van der Waals surface area (Å²) in [5.74, 6) is 4.22. The fraction of sp³-hybridized carbons (Fsp3) is 0.952. The van der Waals surface area contributed by atoms with Crippen molar-refractivity contribution in [2.24, 2.45) is 29.6 Å². The summed E-state index contributed by atoms with van der Waals surface area (Å²) in [6.07, 6.45) is 18.1. The van der Waals surface area contributed by atoms with E-state index >= 15 is 0 Å². The van der Waals surface area contributed by atoms with E-state index in [1.807, 2.05) is 0 Å². The van der Waals surface area contributed by atoms with E-state index in [9.17, 15) is 0 Å². The lowest BCUT2D eigenvalue weighted by atomic mass is 9.64. The zero-order valence-electron chi connectivity index (χ0n) is 15.0. The molecule has 2 rings (SSSR count). The van der Waals surface area contributed by atoms with Crippen molar-refractivity contribution in [3.63, 3.8) is 0 Å². The Labute approximate surface area is 138 Å². The van der Waals surface area contributed by atoms with E-state index in [1.54, 1.807) is 0 Å². The Bertz CT molecular complexity index is 334. The van der Waals surface area contributed by atoms with E-state index in [4.69, 9.17) is 5.26 Å². The second-order valence-electron chi connectivity index (χ2n) is 8.26. The van der Waals surface area contributed by atoms with Crippen LogP contribution in [0.3, 0.4) is 0 Å². The molecule has 0 bridgehead atoms. The number of nitriles is 1. The van der Waals surface area contributed by atoms with Gasteiger partial charge in [-0.1, -0.05) is 58.8 Å². The maximum absolute atomic E-state index is 9.06. The van der Waals surface area contributed by atoms with Crippen LogP contribution in [0.15, 0.2) is 0 Å². The highest BCUT2D eigenvalue weighted by Crippen LogP contribution is 2.45. The molecule has 126 valence electrons. The quantitative estimate of drug-likeness (QED) is 0.478. The molecule has 0 N–H and O–H groups in total. The van der Waals surface area contributed by atoms with Crippen LogP contribution in [-0.4, -0.2) is 0 Å². The molecule has 0 aromatic rings. The van der Waals surface area contributed by atoms with Gasteiger partial charge >= 0.3 is 0 Å². The maximum Gasteiger partial charge on any atom is 0.0655 e. The predicted molar refractivity (Wildman–Crippen MR) is 94.4 cm³/mol. The fourth-order valence-electron chi connectivity index (χ4n) is 5.21. The molecule has 0 saturated heterocycles. The summed E-state index contributed by atoms with van der Waals surface area (Å²) in [7, 11) is 0. The van der Waals surface area contributed by atoms with Gasteiger partial charge in [-0.25, -0.2) is 0 Å². The zero-order valence-corrected chi connectivity index (χ0v) is 15.0. The van der Waals surface area contributed by atoms with Gasteiger partial charge in [-0.2, -0.15) is 5.26 Å². The Morgan fingerprint density at radius 2 is 1.64 bits per heavy atom. The summed E-state index contributed by atoms with van der Waals surface area (Å²) in [5.41, 5.74) is 0. The minimum absolute atomic E-state index is 0.367. The third-order valence-electron chi connectivity index (χ3n) is 6.62. The van der Waals surface area contributed by atoms with E-state index in [2.05, 4.69) is 19.9 Å². The Kier molecular flexibility index (Phi) is 7.77. The second-order valence-corrected chi connectivity index (χ2v) is 8.26. The standard InChI is InChI=1S/C21H37N/c1-3-4-5-6-7-8-18-11-14-21(17(2)15-18)20-12-9-19(16-22)10-13-20/h17-21H,3-15H2,1-2H3/t17-,18+,19-,20-,21?/m1/s1. The average Bonchev–Trinajstić information content (AvgIpc) is 2.55. The van der Waals surface area contributed by atoms with Gasteiger partial charge in [-0.05, 0) is 62.2 Å². The highest BCUT2D eigenvalue weighted by Gasteiger charge is 2.34. The molecule has 2 saturated carbocycles. The van der Waals surface area contributed by atoms with Crippen LogP contribution < -0.4 is 0 Å². The molecule has 1 heteroatoms. The second kappa shape index (κ2) is 9.59. The first-order valence-electron chi connectivity index (χ1n) is 10.1. The molecule has 2 fully saturated rings. The molecule has 2 aliphatic carbocycles. The molecule has 0 aromatic heterocycles. The van der Waals surface area contributed by atoms with Gasteiger partial charge in [0.2, 0.25) is 0 Å². The zero-order chi connectivity index (χ0) is 15.8. The predicted octanol–water partition coefficient (Wildman–Crippen LogP) is 6.73. The highest BCUT2D eigenvalue weighted by atomic mass is 14.4. The summed E-state index contributed by atoms with van der Waals surface area (Å²) >= 11 is 0. The molecule has 0 radical (unpaired) electrons. The van der Waals surface area contributed by atoms with Crippen LogP contribution in [0.2, 0.25) is 0 Å². The number of hydrogen-bond donors (Lipinski definition) is 0. The van der Waals surface area contributed by atoms with Crippen molar-refractivity contribution in [2.45, 2.75) is 97.3 Å². The summed E-state index contributed by atoms with van der Waals surface area (Å²) in [6, 6.07) is 2.48. The highest BCUT2D eigenvalue weighted by molar-refractivity contribution is 4.91. The van der Waals surface area contributed by atoms with Crippen molar-refractivity contribution in [1.29, 1.82) is 5.26 Å². The van der Waals surface area contributed by atoms with Gasteiger partial charge in [-0.15, -0.1) is 0 Å². The maximum atomic E-state index is 9.06. The first-order valence-corrected chi connectivity index (χ1v) is 10.1. The number of hydrogen-bond acceptors (Lipinski definition) is 1. The Balaban J connectivity index is 1.66. The molecule has 0 heterocycles. The third kappa shape index (κ3) is 5.29. The Morgan fingerprint density at radius 3 is 2.27 bits per heavy atom. The van der Waals surface area contributed by atoms with E-state index in [1.165, 1.54) is 83.5 Å². The SMILES string of the molecule is CCCCCCC[C@H]1CCC([C@H]2CC[C@H](C#N)CC2)[C@H](C)C1. The fourth-order valence-corrected chi connectivity index (χ4v) is 5.21. The lowest BCUT2D eigenvalue weighted by Gasteiger charge is -2.41. The van der Waals surface area contributed by atoms with Gasteiger partial charge in [0, 0.05) is 5.92 Å². The van der Waals surface area contributed by atoms with Crippen molar-refractivity contribution in [1.82, 2.24) is 0 Å². The van der Waals surface area contributed by atoms with Crippen LogP contribution in [0.5, 0.6) is 0 Å². The molecule has 0 spiro atoms. The molecule has 0 aliphatic heterocycles. The minimum atomic E-state index is 0.367. The first kappa shape index (κ1) is 17.8. The van der Waals surface area contributed by atoms with Crippen molar-refractivity contribution in [3.05, 3.63) is 0 Å². The Morgan fingerprint density at radius 1 is 0.909 bits per heavy atom. The smallest absolute Gasteiger partial charge is 0.0655 e. The monoisotopic (exact) mass is 303 g/mol. The van der Waals surface area contributed by atoms with E-state index < -0.39 is 0 Å². The third-order valence-corrected chi connectivity index (χ3v) is 6.62. The molecule has 22 heavy (non-hydrogen) atoms. The lowest BCUT2D eigenvalue weighted by molar-refractivity contribution is 0.0994. The average molecular weight is 304 g/mol. The van der Waals surface area contributed by atoms with Gasteiger partial charge in [-0.3, -0.25) is 0 Å². The number of nitrogens with zero attached hydrogens (tertiary/aromatic N) is 1. The van der Waals surface area contributed by atoms with Crippen molar-refractivity contribution in [3.8, 4) is 6.07 Å². The van der Waals surface area contributed by atoms with Crippen LogP contribution in [0, 0.1) is 40.9 Å². The van der Waals surface area contributed by atoms with Crippen molar-refractivity contribution >= 4 is 0 Å². The Hall–Kier alpha value is -0.510. The van der Waals surface area contributed by atoms with E-state index in [-0.39, 0.29) is 0 Å². The van der Waals surface area contributed by atoms with Crippen LogP contribution in [0.25, 0.3) is 0 Å². The van der Waals surface area contributed by atoms with Gasteiger partial charge in [0.1, 0.15) is 0 Å². The van der Waals surface area contributed by atoms with Crippen LogP contribution in [-0.2, 0) is 0 Å². The first-order chi connectivity index (χ1) is 10.7. The van der Waals surface area contributed by atoms with Gasteiger partial charge in [0.25, 0.3) is 0 Å². The van der Waals surface area contributed by atoms with E-state index in [0.717, 1.165) is 23.7 Å². The molecular weight excluding hydrogens is 266 g/mol. The van der Waals surface area contributed by atoms with Crippen LogP contribution in [0.1, 0.15) is 97.3 Å². The lowest BCUT2D eigenvalue weighted by Crippen LogP contribution is -2.31. The summed E-state index contributed by atoms with van der Waals surface area (Å²) in [4.78, 5) is 0. The summed E-state index contributed by atoms with van der Waals surface area (Å²) < 4.78 is 0. The molecular formula is C21H37N. The number of unbranched alkanes of at least 4 members (excludes halogenated alkanes) is 4. The van der Waals surface area contributed by atoms with E-state index in [0.29, 0.717) is 5.92 Å². The van der Waals surface area contributed by atoms with Crippen molar-refractivity contribution in [2.75, 3.05) is 0 Å². The summed E-state index contributed by atoms with van der Waals surface area (Å²) in [6.45, 7) is 4.82. The normalized spacial score (nSPS) is 36.0. The number of rotatable bonds is 7. The topological polar surface area (TPSA) is 23.8 Å². The van der Waals surface area contributed by atoms with Crippen molar-refractivity contribution < 1.29 is 0 Å². The molecule has 2 aliphatic rings.